The molecule has 0 unspecified atom stereocenters. The zero-order valence-corrected chi connectivity index (χ0v) is 23.0. The smallest absolute Gasteiger partial charge is 0.298 e. The standard InChI is InChI=1S/C35H42O3/c1-7-8-9-10-13-17-33-19-16-21-35(38-28-36)20-15-12-11-14-18-34(33)27-23-29(2)22-24-30(3)31(4)25-26-32(5)37-6/h11-12,14-16,18-28H,2-5,7-10,13,17H2,1,6H3/b12-11+,14-11?,15-12?,18-14-,19-16+,20-15-,21-16?,24-22-,26-25-,27-23+,33-19?,34-18?,34-33+,35-20?,35-21+. The lowest BCUT2D eigenvalue weighted by Crippen LogP contribution is -1.89. The molecule has 0 radical (unpaired) electrons. The van der Waals surface area contributed by atoms with Gasteiger partial charge in [0.05, 0.1) is 7.11 Å². The molecular weight excluding hydrogens is 468 g/mol. The Bertz CT molecular complexity index is 1110. The normalized spacial score (nSPS) is 20.6. The highest BCUT2D eigenvalue weighted by atomic mass is 16.5. The average Bonchev–Trinajstić information content (AvgIpc) is 2.91. The van der Waals surface area contributed by atoms with Gasteiger partial charge >= 0.3 is 0 Å². The fourth-order valence-electron chi connectivity index (χ4n) is 3.33. The molecule has 0 saturated heterocycles. The summed E-state index contributed by atoms with van der Waals surface area (Å²) in [5.41, 5.74) is 4.67. The molecule has 0 aromatic carbocycles. The van der Waals surface area contributed by atoms with Crippen LogP contribution in [0.3, 0.4) is 0 Å². The summed E-state index contributed by atoms with van der Waals surface area (Å²) in [6.07, 6.45) is 35.7. The van der Waals surface area contributed by atoms with Crippen LogP contribution >= 0.6 is 0 Å². The van der Waals surface area contributed by atoms with Gasteiger partial charge < -0.3 is 9.47 Å². The van der Waals surface area contributed by atoms with Crippen molar-refractivity contribution in [3.8, 4) is 0 Å². The second-order valence-corrected chi connectivity index (χ2v) is 8.69. The molecule has 0 saturated carbocycles. The van der Waals surface area contributed by atoms with E-state index in [-0.39, 0.29) is 0 Å². The Labute approximate surface area is 230 Å². The molecule has 0 N–H and O–H groups in total. The van der Waals surface area contributed by atoms with E-state index in [0.717, 1.165) is 35.1 Å². The van der Waals surface area contributed by atoms with Gasteiger partial charge in [-0.2, -0.15) is 0 Å². The maximum absolute atomic E-state index is 10.8. The SMILES string of the molecule is C=C(/C=C\C(=C)C(=C)/C=C\C(=C)OC)/C=C/C1=C(CCCCCCC)/C=C/C=C(OC=O)\C=C/C=C/C=C\1. The lowest BCUT2D eigenvalue weighted by molar-refractivity contribution is -0.124. The summed E-state index contributed by atoms with van der Waals surface area (Å²) in [4.78, 5) is 10.8. The average molecular weight is 511 g/mol. The van der Waals surface area contributed by atoms with Crippen LogP contribution in [0.25, 0.3) is 0 Å². The number of unbranched alkanes of at least 4 members (excludes halogenated alkanes) is 4. The van der Waals surface area contributed by atoms with Crippen LogP contribution in [0.2, 0.25) is 0 Å². The molecule has 1 rings (SSSR count). The molecule has 0 heterocycles. The molecule has 0 atom stereocenters. The minimum atomic E-state index is 0.438. The highest BCUT2D eigenvalue weighted by molar-refractivity contribution is 5.49. The summed E-state index contributed by atoms with van der Waals surface area (Å²) in [5.74, 6) is 1.03. The Kier molecular flexibility index (Phi) is 16.8. The van der Waals surface area contributed by atoms with Crippen LogP contribution in [0.4, 0.5) is 0 Å². The Hall–Kier alpha value is -4.11. The number of carbonyl (C=O) groups is 1. The van der Waals surface area contributed by atoms with E-state index < -0.39 is 0 Å². The van der Waals surface area contributed by atoms with Crippen molar-refractivity contribution < 1.29 is 14.3 Å². The summed E-state index contributed by atoms with van der Waals surface area (Å²) < 4.78 is 10.1. The van der Waals surface area contributed by atoms with Gasteiger partial charge in [0.15, 0.2) is 0 Å². The third kappa shape index (κ3) is 14.4. The maximum atomic E-state index is 10.8. The number of methoxy groups -OCH3 is 1. The molecule has 0 fully saturated rings. The second-order valence-electron chi connectivity index (χ2n) is 8.69. The van der Waals surface area contributed by atoms with Gasteiger partial charge in [-0.3, -0.25) is 4.79 Å². The van der Waals surface area contributed by atoms with Crippen molar-refractivity contribution in [2.75, 3.05) is 7.11 Å². The first-order valence-electron chi connectivity index (χ1n) is 13.0. The van der Waals surface area contributed by atoms with E-state index in [1.54, 1.807) is 25.3 Å². The van der Waals surface area contributed by atoms with E-state index in [2.05, 4.69) is 51.5 Å². The van der Waals surface area contributed by atoms with Crippen molar-refractivity contribution in [2.45, 2.75) is 45.4 Å². The Morgan fingerprint density at radius 1 is 0.789 bits per heavy atom. The fourth-order valence-corrected chi connectivity index (χ4v) is 3.33. The number of hydrogen-bond acceptors (Lipinski definition) is 3. The lowest BCUT2D eigenvalue weighted by atomic mass is 9.98. The maximum Gasteiger partial charge on any atom is 0.298 e. The van der Waals surface area contributed by atoms with Crippen LogP contribution in [0.5, 0.6) is 0 Å². The zero-order chi connectivity index (χ0) is 28.0. The monoisotopic (exact) mass is 510 g/mol. The molecule has 0 bridgehead atoms. The molecule has 0 aromatic rings. The molecule has 1 aliphatic carbocycles. The summed E-state index contributed by atoms with van der Waals surface area (Å²) in [5, 5.41) is 0. The van der Waals surface area contributed by atoms with Gasteiger partial charge in [-0.05, 0) is 58.9 Å². The number of allylic oxidation sites excluding steroid dienone is 20. The van der Waals surface area contributed by atoms with E-state index in [1.807, 2.05) is 54.7 Å². The number of rotatable bonds is 16. The van der Waals surface area contributed by atoms with Crippen LogP contribution in [0, 0.1) is 0 Å². The lowest BCUT2D eigenvalue weighted by Gasteiger charge is -2.08. The van der Waals surface area contributed by atoms with Gasteiger partial charge in [0.2, 0.25) is 0 Å². The highest BCUT2D eigenvalue weighted by Crippen LogP contribution is 2.20. The molecular formula is C35H42O3. The molecule has 3 nitrogen and oxygen atoms in total. The van der Waals surface area contributed by atoms with Crippen molar-refractivity contribution in [2.24, 2.45) is 0 Å². The molecule has 1 aliphatic rings. The molecule has 0 spiro atoms. The number of hydrogen-bond donors (Lipinski definition) is 0. The topological polar surface area (TPSA) is 35.5 Å². The predicted molar refractivity (Wildman–Crippen MR) is 163 cm³/mol. The largest absolute Gasteiger partial charge is 0.497 e. The molecule has 200 valence electrons. The molecule has 38 heavy (non-hydrogen) atoms. The molecule has 3 heteroatoms. The fraction of sp³-hybridized carbons (Fsp3) is 0.229. The first-order chi connectivity index (χ1) is 18.4. The predicted octanol–water partition coefficient (Wildman–Crippen LogP) is 9.44. The van der Waals surface area contributed by atoms with E-state index >= 15 is 0 Å². The first kappa shape index (κ1) is 31.9. The minimum absolute atomic E-state index is 0.438. The molecule has 0 aromatic heterocycles. The van der Waals surface area contributed by atoms with Gasteiger partial charge in [-0.25, -0.2) is 0 Å². The van der Waals surface area contributed by atoms with Crippen molar-refractivity contribution >= 4 is 6.47 Å². The quantitative estimate of drug-likeness (QED) is 0.0898. The summed E-state index contributed by atoms with van der Waals surface area (Å²) >= 11 is 0. The Morgan fingerprint density at radius 3 is 2.16 bits per heavy atom. The van der Waals surface area contributed by atoms with Crippen LogP contribution in [0.1, 0.15) is 45.4 Å². The van der Waals surface area contributed by atoms with Gasteiger partial charge in [-0.1, -0.05) is 132 Å². The summed E-state index contributed by atoms with van der Waals surface area (Å²) in [7, 11) is 1.57. The van der Waals surface area contributed by atoms with E-state index in [0.29, 0.717) is 18.0 Å². The van der Waals surface area contributed by atoms with E-state index in [4.69, 9.17) is 9.47 Å². The Morgan fingerprint density at radius 2 is 1.47 bits per heavy atom. The second kappa shape index (κ2) is 20.0. The third-order valence-corrected chi connectivity index (χ3v) is 5.65. The van der Waals surface area contributed by atoms with E-state index in [9.17, 15) is 4.79 Å². The Balaban J connectivity index is 3.16. The number of ether oxygens (including phenoxy) is 2. The van der Waals surface area contributed by atoms with Crippen LogP contribution in [-0.2, 0) is 14.3 Å². The summed E-state index contributed by atoms with van der Waals surface area (Å²) in [6, 6.07) is 0. The number of carbonyl (C=O) groups excluding carboxylic acids is 1. The molecule has 0 amide bonds. The van der Waals surface area contributed by atoms with Gasteiger partial charge in [0.25, 0.3) is 6.47 Å². The van der Waals surface area contributed by atoms with Crippen LogP contribution in [0.15, 0.2) is 157 Å². The summed E-state index contributed by atoms with van der Waals surface area (Å²) in [6.45, 7) is 18.7. The molecule has 0 aliphatic heterocycles. The van der Waals surface area contributed by atoms with Gasteiger partial charge in [0.1, 0.15) is 11.5 Å². The first-order valence-corrected chi connectivity index (χ1v) is 13.0. The minimum Gasteiger partial charge on any atom is -0.497 e. The zero-order valence-electron chi connectivity index (χ0n) is 23.0. The van der Waals surface area contributed by atoms with Crippen LogP contribution in [-0.4, -0.2) is 13.6 Å². The van der Waals surface area contributed by atoms with Crippen molar-refractivity contribution in [1.29, 1.82) is 0 Å². The van der Waals surface area contributed by atoms with Gasteiger partial charge in [0, 0.05) is 0 Å². The highest BCUT2D eigenvalue weighted by Gasteiger charge is 2.01. The van der Waals surface area contributed by atoms with Gasteiger partial charge in [-0.15, -0.1) is 0 Å². The third-order valence-electron chi connectivity index (χ3n) is 5.65. The van der Waals surface area contributed by atoms with Crippen molar-refractivity contribution in [3.05, 3.63) is 157 Å². The van der Waals surface area contributed by atoms with Crippen molar-refractivity contribution in [3.63, 3.8) is 0 Å². The van der Waals surface area contributed by atoms with Crippen LogP contribution < -0.4 is 0 Å². The van der Waals surface area contributed by atoms with Crippen molar-refractivity contribution in [1.82, 2.24) is 0 Å². The van der Waals surface area contributed by atoms with E-state index in [1.165, 1.54) is 31.3 Å².